The lowest BCUT2D eigenvalue weighted by Gasteiger charge is -1.99. The normalized spacial score (nSPS) is 10.7. The molecule has 1 heterocycles. The second kappa shape index (κ2) is 5.88. The molecule has 5 heteroatoms. The Kier molecular flexibility index (Phi) is 3.78. The largest absolute Gasteiger partial charge is 0.420 e. The fraction of sp³-hybridized carbons (Fsp3) is 0.0667. The highest BCUT2D eigenvalue weighted by Crippen LogP contribution is 2.26. The van der Waals surface area contributed by atoms with Gasteiger partial charge in [-0.2, -0.15) is 0 Å². The zero-order chi connectivity index (χ0) is 13.8. The third-order valence-corrected chi connectivity index (χ3v) is 3.71. The number of aromatic nitrogens is 2. The topological polar surface area (TPSA) is 38.9 Å². The van der Waals surface area contributed by atoms with E-state index in [1.807, 2.05) is 30.3 Å². The van der Waals surface area contributed by atoms with Crippen LogP contribution in [0.3, 0.4) is 0 Å². The molecule has 0 aliphatic heterocycles. The number of hydrogen-bond acceptors (Lipinski definition) is 4. The Morgan fingerprint density at radius 1 is 0.950 bits per heavy atom. The molecule has 0 atom stereocenters. The van der Waals surface area contributed by atoms with Crippen LogP contribution in [0.1, 0.15) is 5.89 Å². The van der Waals surface area contributed by atoms with Gasteiger partial charge in [0.2, 0.25) is 11.8 Å². The Bertz CT molecular complexity index is 700. The minimum Gasteiger partial charge on any atom is -0.420 e. The van der Waals surface area contributed by atoms with E-state index in [2.05, 4.69) is 10.2 Å². The Hall–Kier alpha value is -2.14. The first-order valence-electron chi connectivity index (χ1n) is 6.08. The maximum absolute atomic E-state index is 13.5. The van der Waals surface area contributed by atoms with Crippen molar-refractivity contribution < 1.29 is 8.81 Å². The van der Waals surface area contributed by atoms with Crippen LogP contribution in [0.15, 0.2) is 63.9 Å². The summed E-state index contributed by atoms with van der Waals surface area (Å²) in [5.74, 6) is 1.17. The molecule has 0 aliphatic rings. The molecule has 0 aliphatic carbocycles. The van der Waals surface area contributed by atoms with Gasteiger partial charge in [0.1, 0.15) is 5.82 Å². The molecule has 3 rings (SSSR count). The van der Waals surface area contributed by atoms with Gasteiger partial charge in [-0.05, 0) is 24.3 Å². The van der Waals surface area contributed by atoms with Gasteiger partial charge in [0.05, 0.1) is 5.75 Å². The fourth-order valence-corrected chi connectivity index (χ4v) is 2.49. The SMILES string of the molecule is Fc1ccccc1SCc1nnc(-c2ccccc2)o1. The molecule has 0 fully saturated rings. The third kappa shape index (κ3) is 2.88. The minimum absolute atomic E-state index is 0.236. The Labute approximate surface area is 119 Å². The van der Waals surface area contributed by atoms with Gasteiger partial charge in [0.25, 0.3) is 0 Å². The monoisotopic (exact) mass is 286 g/mol. The molecule has 0 N–H and O–H groups in total. The van der Waals surface area contributed by atoms with Gasteiger partial charge in [-0.1, -0.05) is 30.3 Å². The number of hydrogen-bond donors (Lipinski definition) is 0. The van der Waals surface area contributed by atoms with E-state index < -0.39 is 0 Å². The molecule has 0 spiro atoms. The van der Waals surface area contributed by atoms with Crippen LogP contribution in [0.4, 0.5) is 4.39 Å². The maximum atomic E-state index is 13.5. The van der Waals surface area contributed by atoms with Crippen molar-refractivity contribution in [1.82, 2.24) is 10.2 Å². The van der Waals surface area contributed by atoms with Crippen LogP contribution in [0.5, 0.6) is 0 Å². The first-order valence-corrected chi connectivity index (χ1v) is 7.06. The van der Waals surface area contributed by atoms with Crippen LogP contribution >= 0.6 is 11.8 Å². The van der Waals surface area contributed by atoms with Crippen molar-refractivity contribution >= 4 is 11.8 Å². The van der Waals surface area contributed by atoms with Crippen LogP contribution in [0, 0.1) is 5.82 Å². The molecule has 0 amide bonds. The average Bonchev–Trinajstić information content (AvgIpc) is 2.96. The van der Waals surface area contributed by atoms with Gasteiger partial charge < -0.3 is 4.42 Å². The molecule has 0 saturated carbocycles. The summed E-state index contributed by atoms with van der Waals surface area (Å²) in [4.78, 5) is 0.576. The molecule has 3 aromatic rings. The van der Waals surface area contributed by atoms with E-state index in [1.165, 1.54) is 17.8 Å². The van der Waals surface area contributed by atoms with E-state index in [1.54, 1.807) is 18.2 Å². The molecule has 0 radical (unpaired) electrons. The van der Waals surface area contributed by atoms with E-state index in [9.17, 15) is 4.39 Å². The summed E-state index contributed by atoms with van der Waals surface area (Å²) in [5, 5.41) is 7.97. The number of nitrogens with zero attached hydrogens (tertiary/aromatic N) is 2. The summed E-state index contributed by atoms with van der Waals surface area (Å²) in [7, 11) is 0. The van der Waals surface area contributed by atoms with E-state index in [-0.39, 0.29) is 5.82 Å². The van der Waals surface area contributed by atoms with E-state index in [0.717, 1.165) is 5.56 Å². The Morgan fingerprint density at radius 3 is 2.50 bits per heavy atom. The van der Waals surface area contributed by atoms with Gasteiger partial charge >= 0.3 is 0 Å². The molecule has 0 bridgehead atoms. The van der Waals surface area contributed by atoms with Crippen molar-refractivity contribution in [2.24, 2.45) is 0 Å². The predicted molar refractivity (Wildman–Crippen MR) is 75.7 cm³/mol. The summed E-state index contributed by atoms with van der Waals surface area (Å²) in [6, 6.07) is 16.2. The second-order valence-corrected chi connectivity index (χ2v) is 5.10. The highest BCUT2D eigenvalue weighted by molar-refractivity contribution is 7.98. The number of halogens is 1. The number of benzene rings is 2. The fourth-order valence-electron chi connectivity index (χ4n) is 1.71. The molecule has 3 nitrogen and oxygen atoms in total. The van der Waals surface area contributed by atoms with E-state index in [0.29, 0.717) is 22.4 Å². The summed E-state index contributed by atoms with van der Waals surface area (Å²) in [5.41, 5.74) is 0.877. The van der Waals surface area contributed by atoms with Crippen molar-refractivity contribution in [2.75, 3.05) is 0 Å². The van der Waals surface area contributed by atoms with Gasteiger partial charge in [0.15, 0.2) is 0 Å². The average molecular weight is 286 g/mol. The lowest BCUT2D eigenvalue weighted by Crippen LogP contribution is -1.83. The zero-order valence-corrected chi connectivity index (χ0v) is 11.3. The first-order chi connectivity index (χ1) is 9.83. The van der Waals surface area contributed by atoms with Crippen molar-refractivity contribution in [3.05, 3.63) is 66.3 Å². The molecule has 0 unspecified atom stereocenters. The third-order valence-electron chi connectivity index (χ3n) is 2.68. The molecule has 1 aromatic heterocycles. The van der Waals surface area contributed by atoms with Gasteiger partial charge in [-0.25, -0.2) is 4.39 Å². The van der Waals surface area contributed by atoms with Crippen molar-refractivity contribution in [3.8, 4) is 11.5 Å². The maximum Gasteiger partial charge on any atom is 0.247 e. The Balaban J connectivity index is 1.71. The summed E-state index contributed by atoms with van der Waals surface area (Å²) < 4.78 is 19.0. The minimum atomic E-state index is -0.236. The zero-order valence-electron chi connectivity index (χ0n) is 10.5. The standard InChI is InChI=1S/C15H11FN2OS/c16-12-8-4-5-9-13(12)20-10-14-17-18-15(19-14)11-6-2-1-3-7-11/h1-9H,10H2. The molecule has 0 saturated heterocycles. The number of rotatable bonds is 4. The van der Waals surface area contributed by atoms with Crippen LogP contribution in [-0.4, -0.2) is 10.2 Å². The van der Waals surface area contributed by atoms with Gasteiger partial charge in [-0.15, -0.1) is 22.0 Å². The second-order valence-electron chi connectivity index (χ2n) is 4.09. The number of thioether (sulfide) groups is 1. The van der Waals surface area contributed by atoms with Crippen molar-refractivity contribution in [2.45, 2.75) is 10.6 Å². The van der Waals surface area contributed by atoms with E-state index >= 15 is 0 Å². The Morgan fingerprint density at radius 2 is 1.70 bits per heavy atom. The highest BCUT2D eigenvalue weighted by Gasteiger charge is 2.09. The highest BCUT2D eigenvalue weighted by atomic mass is 32.2. The predicted octanol–water partition coefficient (Wildman–Crippen LogP) is 4.17. The van der Waals surface area contributed by atoms with Crippen LogP contribution in [0.25, 0.3) is 11.5 Å². The van der Waals surface area contributed by atoms with Crippen LogP contribution in [0.2, 0.25) is 0 Å². The smallest absolute Gasteiger partial charge is 0.247 e. The van der Waals surface area contributed by atoms with Gasteiger partial charge in [-0.3, -0.25) is 0 Å². The van der Waals surface area contributed by atoms with E-state index in [4.69, 9.17) is 4.42 Å². The molecule has 2 aromatic carbocycles. The summed E-state index contributed by atoms with van der Waals surface area (Å²) in [6.45, 7) is 0. The molecular weight excluding hydrogens is 275 g/mol. The lowest BCUT2D eigenvalue weighted by molar-refractivity contribution is 0.528. The van der Waals surface area contributed by atoms with Crippen molar-refractivity contribution in [3.63, 3.8) is 0 Å². The van der Waals surface area contributed by atoms with Crippen LogP contribution in [-0.2, 0) is 5.75 Å². The summed E-state index contributed by atoms with van der Waals surface area (Å²) in [6.07, 6.45) is 0. The van der Waals surface area contributed by atoms with Gasteiger partial charge in [0, 0.05) is 10.5 Å². The molecule has 20 heavy (non-hydrogen) atoms. The molecular formula is C15H11FN2OS. The van der Waals surface area contributed by atoms with Crippen molar-refractivity contribution in [1.29, 1.82) is 0 Å². The summed E-state index contributed by atoms with van der Waals surface area (Å²) >= 11 is 1.34. The molecule has 100 valence electrons. The first kappa shape index (κ1) is 12.9. The van der Waals surface area contributed by atoms with Crippen LogP contribution < -0.4 is 0 Å². The quantitative estimate of drug-likeness (QED) is 0.675. The lowest BCUT2D eigenvalue weighted by atomic mass is 10.2.